The summed E-state index contributed by atoms with van der Waals surface area (Å²) in [5, 5.41) is 0. The molecule has 0 heterocycles. The molecule has 1 aromatic rings. The van der Waals surface area contributed by atoms with E-state index in [1.807, 2.05) is 0 Å². The van der Waals surface area contributed by atoms with Gasteiger partial charge in [-0.05, 0) is 48.6 Å². The number of hydrogen-bond donors (Lipinski definition) is 0. The fourth-order valence-corrected chi connectivity index (χ4v) is 4.14. The first kappa shape index (κ1) is 20.2. The second kappa shape index (κ2) is 12.3. The summed E-state index contributed by atoms with van der Waals surface area (Å²) in [7, 11) is 0. The molecule has 140 valence electrons. The van der Waals surface area contributed by atoms with E-state index >= 15 is 0 Å². The van der Waals surface area contributed by atoms with Gasteiger partial charge < -0.3 is 4.74 Å². The molecule has 1 aromatic carbocycles. The first-order chi connectivity index (χ1) is 12.3. The number of rotatable bonds is 12. The highest BCUT2D eigenvalue weighted by Gasteiger charge is 2.21. The van der Waals surface area contributed by atoms with Crippen molar-refractivity contribution in [1.29, 1.82) is 0 Å². The number of ether oxygens (including phenoxy) is 1. The Bertz CT molecular complexity index is 453. The molecular weight excluding hydrogens is 304 g/mol. The van der Waals surface area contributed by atoms with Crippen LogP contribution in [-0.2, 0) is 11.3 Å². The van der Waals surface area contributed by atoms with Crippen molar-refractivity contribution in [3.63, 3.8) is 0 Å². The summed E-state index contributed by atoms with van der Waals surface area (Å²) in [4.78, 5) is 0. The molecule has 0 saturated heterocycles. The Morgan fingerprint density at radius 2 is 1.64 bits per heavy atom. The van der Waals surface area contributed by atoms with Crippen molar-refractivity contribution in [1.82, 2.24) is 0 Å². The average molecular weight is 343 g/mol. The van der Waals surface area contributed by atoms with E-state index < -0.39 is 0 Å². The lowest BCUT2D eigenvalue weighted by Gasteiger charge is -2.29. The molecule has 0 unspecified atom stereocenters. The summed E-state index contributed by atoms with van der Waals surface area (Å²) in [6.45, 7) is 7.30. The summed E-state index contributed by atoms with van der Waals surface area (Å²) in [5.41, 5.74) is 2.80. The summed E-state index contributed by atoms with van der Waals surface area (Å²) in [5.74, 6) is 1.78. The van der Waals surface area contributed by atoms with Gasteiger partial charge in [0.1, 0.15) is 0 Å². The predicted molar refractivity (Wildman–Crippen MR) is 109 cm³/mol. The maximum absolute atomic E-state index is 5.52. The van der Waals surface area contributed by atoms with E-state index in [1.54, 1.807) is 6.08 Å². The van der Waals surface area contributed by atoms with E-state index in [1.165, 1.54) is 81.8 Å². The number of benzene rings is 1. The Kier molecular flexibility index (Phi) is 9.96. The zero-order valence-corrected chi connectivity index (χ0v) is 16.3. The third-order valence-corrected chi connectivity index (χ3v) is 5.77. The smallest absolute Gasteiger partial charge is 0.0721 e. The van der Waals surface area contributed by atoms with E-state index in [9.17, 15) is 0 Å². The Morgan fingerprint density at radius 3 is 2.32 bits per heavy atom. The molecule has 0 radical (unpaired) electrons. The zero-order valence-electron chi connectivity index (χ0n) is 16.3. The molecule has 1 saturated carbocycles. The first-order valence-electron chi connectivity index (χ1n) is 10.6. The van der Waals surface area contributed by atoms with Gasteiger partial charge in [-0.25, -0.2) is 0 Å². The predicted octanol–water partition coefficient (Wildman–Crippen LogP) is 7.41. The third kappa shape index (κ3) is 7.77. The van der Waals surface area contributed by atoms with Gasteiger partial charge in [0, 0.05) is 0 Å². The normalized spacial score (nSPS) is 20.5. The Morgan fingerprint density at radius 1 is 0.960 bits per heavy atom. The van der Waals surface area contributed by atoms with Gasteiger partial charge in [-0.15, -0.1) is 6.58 Å². The lowest BCUT2D eigenvalue weighted by molar-refractivity contribution is 0.149. The number of hydrogen-bond acceptors (Lipinski definition) is 1. The van der Waals surface area contributed by atoms with Crippen LogP contribution in [0.2, 0.25) is 0 Å². The summed E-state index contributed by atoms with van der Waals surface area (Å²) < 4.78 is 5.52. The highest BCUT2D eigenvalue weighted by Crippen LogP contribution is 2.37. The molecular formula is C24H38O. The molecule has 25 heavy (non-hydrogen) atoms. The van der Waals surface area contributed by atoms with Crippen molar-refractivity contribution in [3.8, 4) is 0 Å². The van der Waals surface area contributed by atoms with Crippen LogP contribution in [-0.4, -0.2) is 6.61 Å². The van der Waals surface area contributed by atoms with Gasteiger partial charge in [0.05, 0.1) is 13.2 Å². The molecule has 0 spiro atoms. The van der Waals surface area contributed by atoms with Crippen molar-refractivity contribution in [2.24, 2.45) is 5.92 Å². The van der Waals surface area contributed by atoms with E-state index in [4.69, 9.17) is 4.74 Å². The maximum Gasteiger partial charge on any atom is 0.0721 e. The summed E-state index contributed by atoms with van der Waals surface area (Å²) in [6.07, 6.45) is 17.5. The average Bonchev–Trinajstić information content (AvgIpc) is 2.66. The minimum absolute atomic E-state index is 0.629. The zero-order chi connectivity index (χ0) is 17.7. The summed E-state index contributed by atoms with van der Waals surface area (Å²) >= 11 is 0. The van der Waals surface area contributed by atoms with Gasteiger partial charge in [-0.1, -0.05) is 82.2 Å². The molecule has 0 N–H and O–H groups in total. The lowest BCUT2D eigenvalue weighted by atomic mass is 9.77. The van der Waals surface area contributed by atoms with Crippen molar-refractivity contribution in [3.05, 3.63) is 48.0 Å². The summed E-state index contributed by atoms with van der Waals surface area (Å²) in [6, 6.07) is 9.12. The molecule has 0 aromatic heterocycles. The van der Waals surface area contributed by atoms with Crippen LogP contribution < -0.4 is 0 Å². The monoisotopic (exact) mass is 342 g/mol. The molecule has 0 amide bonds. The van der Waals surface area contributed by atoms with Gasteiger partial charge in [0.15, 0.2) is 0 Å². The molecule has 0 atom stereocenters. The highest BCUT2D eigenvalue weighted by atomic mass is 16.5. The quantitative estimate of drug-likeness (QED) is 0.284. The van der Waals surface area contributed by atoms with Crippen LogP contribution in [0.3, 0.4) is 0 Å². The molecule has 1 aliphatic carbocycles. The van der Waals surface area contributed by atoms with Gasteiger partial charge >= 0.3 is 0 Å². The highest BCUT2D eigenvalue weighted by molar-refractivity contribution is 5.25. The van der Waals surface area contributed by atoms with Crippen LogP contribution >= 0.6 is 0 Å². The fraction of sp³-hybridized carbons (Fsp3) is 0.667. The number of unbranched alkanes of at least 4 members (excludes halogenated alkanes) is 5. The first-order valence-corrected chi connectivity index (χ1v) is 10.6. The van der Waals surface area contributed by atoms with Crippen molar-refractivity contribution < 1.29 is 4.74 Å². The van der Waals surface area contributed by atoms with Crippen LogP contribution in [0.4, 0.5) is 0 Å². The lowest BCUT2D eigenvalue weighted by Crippen LogP contribution is -2.13. The van der Waals surface area contributed by atoms with Crippen molar-refractivity contribution in [2.45, 2.75) is 90.1 Å². The minimum atomic E-state index is 0.629. The van der Waals surface area contributed by atoms with E-state index in [-0.39, 0.29) is 0 Å². The van der Waals surface area contributed by atoms with Gasteiger partial charge in [-0.2, -0.15) is 0 Å². The van der Waals surface area contributed by atoms with E-state index in [0.29, 0.717) is 13.2 Å². The van der Waals surface area contributed by atoms with Gasteiger partial charge in [-0.3, -0.25) is 0 Å². The molecule has 2 rings (SSSR count). The van der Waals surface area contributed by atoms with Crippen molar-refractivity contribution in [2.75, 3.05) is 6.61 Å². The van der Waals surface area contributed by atoms with E-state index in [2.05, 4.69) is 37.8 Å². The molecule has 1 aliphatic rings. The molecule has 1 nitrogen and oxygen atoms in total. The van der Waals surface area contributed by atoms with Crippen LogP contribution in [0.5, 0.6) is 0 Å². The Balaban J connectivity index is 1.63. The third-order valence-electron chi connectivity index (χ3n) is 5.77. The topological polar surface area (TPSA) is 9.23 Å². The largest absolute Gasteiger partial charge is 0.373 e. The molecule has 0 aliphatic heterocycles. The standard InChI is InChI=1S/C24H38O/c1-3-5-6-7-8-9-10-21-11-15-23(16-12-21)24-17-13-22(14-18-24)20-25-19-4-2/h4,13-14,17-18,21,23H,2-3,5-12,15-16,19-20H2,1H3. The van der Waals surface area contributed by atoms with Crippen molar-refractivity contribution >= 4 is 0 Å². The van der Waals surface area contributed by atoms with Crippen LogP contribution in [0, 0.1) is 5.92 Å². The second-order valence-corrected chi connectivity index (χ2v) is 7.82. The second-order valence-electron chi connectivity index (χ2n) is 7.82. The Labute approximate surface area is 155 Å². The molecule has 1 fully saturated rings. The van der Waals surface area contributed by atoms with E-state index in [0.717, 1.165) is 11.8 Å². The van der Waals surface area contributed by atoms with Gasteiger partial charge in [0.25, 0.3) is 0 Å². The SMILES string of the molecule is C=CCOCc1ccc(C2CCC(CCCCCCCC)CC2)cc1. The minimum Gasteiger partial charge on any atom is -0.373 e. The maximum atomic E-state index is 5.52. The molecule has 1 heteroatoms. The van der Waals surface area contributed by atoms with Crippen LogP contribution in [0.25, 0.3) is 0 Å². The Hall–Kier alpha value is -1.08. The fourth-order valence-electron chi connectivity index (χ4n) is 4.14. The molecule has 0 bridgehead atoms. The van der Waals surface area contributed by atoms with Crippen LogP contribution in [0.1, 0.15) is 94.6 Å². The van der Waals surface area contributed by atoms with Gasteiger partial charge in [0.2, 0.25) is 0 Å². The van der Waals surface area contributed by atoms with Crippen LogP contribution in [0.15, 0.2) is 36.9 Å².